The molecule has 0 spiro atoms. The number of ether oxygens (including phenoxy) is 1. The molecule has 4 heteroatoms. The van der Waals surface area contributed by atoms with Gasteiger partial charge in [0.1, 0.15) is 0 Å². The maximum absolute atomic E-state index is 5.79. The molecule has 0 unspecified atom stereocenters. The topological polar surface area (TPSA) is 61.0 Å². The first-order chi connectivity index (χ1) is 9.10. The zero-order valence-corrected chi connectivity index (χ0v) is 11.6. The van der Waals surface area contributed by atoms with Gasteiger partial charge in [0.2, 0.25) is 5.88 Å². The summed E-state index contributed by atoms with van der Waals surface area (Å²) < 4.78 is 5.78. The Balaban J connectivity index is 2.21. The van der Waals surface area contributed by atoms with Crippen LogP contribution in [0.4, 0.5) is 0 Å². The predicted octanol–water partition coefficient (Wildman–Crippen LogP) is 3.16. The summed E-state index contributed by atoms with van der Waals surface area (Å²) in [4.78, 5) is 8.72. The highest BCUT2D eigenvalue weighted by atomic mass is 16.5. The van der Waals surface area contributed by atoms with Crippen molar-refractivity contribution in [2.75, 3.05) is 0 Å². The molecule has 1 atom stereocenters. The van der Waals surface area contributed by atoms with Crippen molar-refractivity contribution in [1.82, 2.24) is 9.97 Å². The van der Waals surface area contributed by atoms with Crippen molar-refractivity contribution >= 4 is 0 Å². The third kappa shape index (κ3) is 3.29. The van der Waals surface area contributed by atoms with Gasteiger partial charge in [0.25, 0.3) is 0 Å². The highest BCUT2D eigenvalue weighted by Gasteiger charge is 2.07. The first-order valence-electron chi connectivity index (χ1n) is 6.46. The van der Waals surface area contributed by atoms with Crippen molar-refractivity contribution in [3.05, 3.63) is 47.4 Å². The first kappa shape index (κ1) is 13.5. The molecular formula is C15H19N3O. The molecule has 2 aromatic heterocycles. The Bertz CT molecular complexity index is 550. The summed E-state index contributed by atoms with van der Waals surface area (Å²) in [5.74, 6) is 1.32. The van der Waals surface area contributed by atoms with Gasteiger partial charge in [-0.15, -0.1) is 0 Å². The maximum atomic E-state index is 5.79. The van der Waals surface area contributed by atoms with E-state index in [1.165, 1.54) is 0 Å². The van der Waals surface area contributed by atoms with Crippen molar-refractivity contribution in [2.24, 2.45) is 5.73 Å². The lowest BCUT2D eigenvalue weighted by molar-refractivity contribution is 0.453. The first-order valence-corrected chi connectivity index (χ1v) is 6.46. The van der Waals surface area contributed by atoms with Gasteiger partial charge in [-0.05, 0) is 38.0 Å². The zero-order valence-electron chi connectivity index (χ0n) is 11.6. The third-order valence-corrected chi connectivity index (χ3v) is 2.91. The summed E-state index contributed by atoms with van der Waals surface area (Å²) in [7, 11) is 0. The number of aryl methyl sites for hydroxylation is 2. The van der Waals surface area contributed by atoms with Gasteiger partial charge in [0.05, 0.1) is 5.69 Å². The molecule has 0 saturated carbocycles. The predicted molar refractivity (Wildman–Crippen MR) is 75.3 cm³/mol. The van der Waals surface area contributed by atoms with Gasteiger partial charge in [-0.2, -0.15) is 0 Å². The van der Waals surface area contributed by atoms with Crippen molar-refractivity contribution in [3.63, 3.8) is 0 Å². The number of rotatable bonds is 4. The molecule has 0 aliphatic carbocycles. The van der Waals surface area contributed by atoms with Crippen LogP contribution >= 0.6 is 0 Å². The standard InChI is InChI=1S/C15H19N3O/c1-4-13-14(7-5-10(2)18-13)19-15-8-6-12(9-17-15)11(3)16/h5-9,11H,4,16H2,1-3H3/t11-/m0/s1. The van der Waals surface area contributed by atoms with Crippen LogP contribution < -0.4 is 10.5 Å². The second-order valence-corrected chi connectivity index (χ2v) is 4.57. The summed E-state index contributed by atoms with van der Waals surface area (Å²) in [6.45, 7) is 5.95. The molecule has 19 heavy (non-hydrogen) atoms. The Morgan fingerprint density at radius 1 is 1.26 bits per heavy atom. The maximum Gasteiger partial charge on any atom is 0.219 e. The lowest BCUT2D eigenvalue weighted by atomic mass is 10.2. The third-order valence-electron chi connectivity index (χ3n) is 2.91. The Morgan fingerprint density at radius 3 is 2.63 bits per heavy atom. The molecule has 2 aromatic rings. The number of hydrogen-bond donors (Lipinski definition) is 1. The molecule has 0 amide bonds. The molecule has 2 N–H and O–H groups in total. The van der Waals surface area contributed by atoms with Crippen LogP contribution in [-0.4, -0.2) is 9.97 Å². The second-order valence-electron chi connectivity index (χ2n) is 4.57. The fourth-order valence-corrected chi connectivity index (χ4v) is 1.78. The molecule has 0 saturated heterocycles. The van der Waals surface area contributed by atoms with E-state index in [9.17, 15) is 0 Å². The smallest absolute Gasteiger partial charge is 0.219 e. The largest absolute Gasteiger partial charge is 0.437 e. The van der Waals surface area contributed by atoms with Gasteiger partial charge < -0.3 is 10.5 Å². The minimum Gasteiger partial charge on any atom is -0.437 e. The van der Waals surface area contributed by atoms with Gasteiger partial charge in [0.15, 0.2) is 5.75 Å². The van der Waals surface area contributed by atoms with Crippen LogP contribution in [-0.2, 0) is 6.42 Å². The fraction of sp³-hybridized carbons (Fsp3) is 0.333. The average molecular weight is 257 g/mol. The van der Waals surface area contributed by atoms with Gasteiger partial charge in [-0.3, -0.25) is 4.98 Å². The SMILES string of the molecule is CCc1nc(C)ccc1Oc1ccc([C@H](C)N)cn1. The molecule has 2 heterocycles. The van der Waals surface area contributed by atoms with Crippen LogP contribution in [0.25, 0.3) is 0 Å². The molecule has 2 rings (SSSR count). The van der Waals surface area contributed by atoms with Crippen LogP contribution in [0.2, 0.25) is 0 Å². The average Bonchev–Trinajstić information content (AvgIpc) is 2.41. The van der Waals surface area contributed by atoms with E-state index < -0.39 is 0 Å². The molecule has 0 fully saturated rings. The molecule has 0 aliphatic rings. The van der Waals surface area contributed by atoms with Crippen LogP contribution in [0.3, 0.4) is 0 Å². The summed E-state index contributed by atoms with van der Waals surface area (Å²) in [5, 5.41) is 0. The van der Waals surface area contributed by atoms with Crippen LogP contribution in [0.15, 0.2) is 30.5 Å². The van der Waals surface area contributed by atoms with Crippen LogP contribution in [0.5, 0.6) is 11.6 Å². The Morgan fingerprint density at radius 2 is 2.05 bits per heavy atom. The van der Waals surface area contributed by atoms with Gasteiger partial charge >= 0.3 is 0 Å². The van der Waals surface area contributed by atoms with E-state index in [1.54, 1.807) is 6.20 Å². The molecule has 0 radical (unpaired) electrons. The Hall–Kier alpha value is -1.94. The molecule has 100 valence electrons. The minimum absolute atomic E-state index is 0.0196. The van der Waals surface area contributed by atoms with Gasteiger partial charge in [0, 0.05) is 24.0 Å². The van der Waals surface area contributed by atoms with Crippen molar-refractivity contribution < 1.29 is 4.74 Å². The lowest BCUT2D eigenvalue weighted by Gasteiger charge is -2.10. The number of aromatic nitrogens is 2. The van der Waals surface area contributed by atoms with Gasteiger partial charge in [-0.25, -0.2) is 4.98 Å². The van der Waals surface area contributed by atoms with Crippen molar-refractivity contribution in [2.45, 2.75) is 33.2 Å². The molecular weight excluding hydrogens is 238 g/mol. The van der Waals surface area contributed by atoms with E-state index in [2.05, 4.69) is 16.9 Å². The highest BCUT2D eigenvalue weighted by Crippen LogP contribution is 2.24. The van der Waals surface area contributed by atoms with E-state index in [1.807, 2.05) is 38.1 Å². The molecule has 4 nitrogen and oxygen atoms in total. The summed E-state index contributed by atoms with van der Waals surface area (Å²) >= 11 is 0. The molecule has 0 aromatic carbocycles. The number of pyridine rings is 2. The van der Waals surface area contributed by atoms with E-state index in [0.29, 0.717) is 5.88 Å². The number of nitrogens with two attached hydrogens (primary N) is 1. The number of nitrogens with zero attached hydrogens (tertiary/aromatic N) is 2. The highest BCUT2D eigenvalue weighted by molar-refractivity contribution is 5.33. The van der Waals surface area contributed by atoms with Crippen LogP contribution in [0, 0.1) is 6.92 Å². The summed E-state index contributed by atoms with van der Waals surface area (Å²) in [5.41, 5.74) is 8.71. The second kappa shape index (κ2) is 5.80. The molecule has 0 bridgehead atoms. The lowest BCUT2D eigenvalue weighted by Crippen LogP contribution is -2.05. The monoisotopic (exact) mass is 257 g/mol. The summed E-state index contributed by atoms with van der Waals surface area (Å²) in [6.07, 6.45) is 2.57. The van der Waals surface area contributed by atoms with Crippen molar-refractivity contribution in [1.29, 1.82) is 0 Å². The van der Waals surface area contributed by atoms with Crippen LogP contribution in [0.1, 0.15) is 36.8 Å². The minimum atomic E-state index is -0.0196. The van der Waals surface area contributed by atoms with E-state index >= 15 is 0 Å². The zero-order chi connectivity index (χ0) is 13.8. The quantitative estimate of drug-likeness (QED) is 0.914. The van der Waals surface area contributed by atoms with E-state index in [4.69, 9.17) is 10.5 Å². The van der Waals surface area contributed by atoms with Gasteiger partial charge in [-0.1, -0.05) is 13.0 Å². The van der Waals surface area contributed by atoms with E-state index in [-0.39, 0.29) is 6.04 Å². The Labute approximate surface area is 113 Å². The number of hydrogen-bond acceptors (Lipinski definition) is 4. The Kier molecular flexibility index (Phi) is 4.12. The van der Waals surface area contributed by atoms with Crippen molar-refractivity contribution in [3.8, 4) is 11.6 Å². The normalized spacial score (nSPS) is 12.2. The molecule has 0 aliphatic heterocycles. The fourth-order valence-electron chi connectivity index (χ4n) is 1.78. The summed E-state index contributed by atoms with van der Waals surface area (Å²) in [6, 6.07) is 7.61. The van der Waals surface area contributed by atoms with E-state index in [0.717, 1.165) is 29.1 Å².